The number of esters is 1. The zero-order valence-electron chi connectivity index (χ0n) is 11.1. The molecule has 0 aromatic carbocycles. The number of carbonyl (C=O) groups excluding carboxylic acids is 1. The number of aromatic nitrogens is 3. The largest absolute Gasteiger partial charge is 0.465 e. The van der Waals surface area contributed by atoms with Crippen molar-refractivity contribution in [2.75, 3.05) is 20.3 Å². The molecule has 6 nitrogen and oxygen atoms in total. The lowest BCUT2D eigenvalue weighted by Gasteiger charge is -2.07. The first-order valence-electron chi connectivity index (χ1n) is 5.97. The van der Waals surface area contributed by atoms with Gasteiger partial charge in [0.1, 0.15) is 12.4 Å². The minimum atomic E-state index is -4.36. The van der Waals surface area contributed by atoms with Crippen LogP contribution >= 0.6 is 0 Å². The third kappa shape index (κ3) is 3.91. The number of carbonyl (C=O) groups is 1. The van der Waals surface area contributed by atoms with Gasteiger partial charge in [0.15, 0.2) is 5.65 Å². The van der Waals surface area contributed by atoms with Crippen LogP contribution in [0.3, 0.4) is 0 Å². The molecule has 21 heavy (non-hydrogen) atoms. The summed E-state index contributed by atoms with van der Waals surface area (Å²) >= 11 is 0. The Morgan fingerprint density at radius 1 is 1.33 bits per heavy atom. The van der Waals surface area contributed by atoms with Crippen LogP contribution < -0.4 is 0 Å². The molecule has 0 fully saturated rings. The minimum Gasteiger partial charge on any atom is -0.465 e. The molecule has 0 aliphatic carbocycles. The van der Waals surface area contributed by atoms with Gasteiger partial charge in [0.25, 0.3) is 0 Å². The van der Waals surface area contributed by atoms with Crippen LogP contribution in [0.1, 0.15) is 16.2 Å². The molecule has 0 saturated heterocycles. The highest BCUT2D eigenvalue weighted by molar-refractivity contribution is 5.89. The maximum absolute atomic E-state index is 11.9. The molecule has 0 saturated carbocycles. The Balaban J connectivity index is 2.08. The van der Waals surface area contributed by atoms with Crippen LogP contribution in [0.5, 0.6) is 0 Å². The van der Waals surface area contributed by atoms with Gasteiger partial charge in [-0.25, -0.2) is 4.79 Å². The molecule has 0 amide bonds. The summed E-state index contributed by atoms with van der Waals surface area (Å²) < 4.78 is 46.5. The second-order valence-electron chi connectivity index (χ2n) is 4.17. The topological polar surface area (TPSA) is 65.7 Å². The highest BCUT2D eigenvalue weighted by atomic mass is 19.4. The van der Waals surface area contributed by atoms with Gasteiger partial charge in [0.05, 0.1) is 19.3 Å². The van der Waals surface area contributed by atoms with Gasteiger partial charge < -0.3 is 9.47 Å². The van der Waals surface area contributed by atoms with Crippen molar-refractivity contribution in [2.45, 2.75) is 12.6 Å². The number of pyridine rings is 1. The predicted molar refractivity (Wildman–Crippen MR) is 64.9 cm³/mol. The Labute approximate surface area is 117 Å². The Morgan fingerprint density at radius 2 is 2.10 bits per heavy atom. The van der Waals surface area contributed by atoms with Gasteiger partial charge in [-0.3, -0.25) is 4.40 Å². The lowest BCUT2D eigenvalue weighted by atomic mass is 10.3. The van der Waals surface area contributed by atoms with Crippen LogP contribution in [-0.4, -0.2) is 47.1 Å². The van der Waals surface area contributed by atoms with E-state index in [1.165, 1.54) is 23.8 Å². The molecule has 0 unspecified atom stereocenters. The molecule has 114 valence electrons. The molecule has 9 heteroatoms. The average Bonchev–Trinajstić information content (AvgIpc) is 2.84. The van der Waals surface area contributed by atoms with E-state index in [-0.39, 0.29) is 13.0 Å². The first-order chi connectivity index (χ1) is 9.90. The van der Waals surface area contributed by atoms with E-state index in [1.54, 1.807) is 6.07 Å². The average molecular weight is 303 g/mol. The molecule has 0 N–H and O–H groups in total. The fraction of sp³-hybridized carbons (Fsp3) is 0.417. The van der Waals surface area contributed by atoms with E-state index in [4.69, 9.17) is 0 Å². The molecule has 2 heterocycles. The molecule has 0 radical (unpaired) electrons. The standard InChI is InChI=1S/C12H12F3N3O3/c1-20-11(19)8-2-3-9-16-17-10(18(9)6-8)4-5-21-7-12(13,14)15/h2-3,6H,4-5,7H2,1H3. The highest BCUT2D eigenvalue weighted by Gasteiger charge is 2.27. The van der Waals surface area contributed by atoms with Gasteiger partial charge in [-0.2, -0.15) is 13.2 Å². The lowest BCUT2D eigenvalue weighted by molar-refractivity contribution is -0.173. The van der Waals surface area contributed by atoms with Crippen LogP contribution in [0.2, 0.25) is 0 Å². The van der Waals surface area contributed by atoms with Gasteiger partial charge in [-0.15, -0.1) is 10.2 Å². The van der Waals surface area contributed by atoms with Crippen molar-refractivity contribution in [3.8, 4) is 0 Å². The monoisotopic (exact) mass is 303 g/mol. The second kappa shape index (κ2) is 6.08. The van der Waals surface area contributed by atoms with Crippen molar-refractivity contribution < 1.29 is 27.4 Å². The summed E-state index contributed by atoms with van der Waals surface area (Å²) in [5.41, 5.74) is 0.774. The molecule has 0 bridgehead atoms. The Bertz CT molecular complexity index is 639. The van der Waals surface area contributed by atoms with Crippen LogP contribution in [0, 0.1) is 0 Å². The molecular formula is C12H12F3N3O3. The van der Waals surface area contributed by atoms with Crippen molar-refractivity contribution in [2.24, 2.45) is 0 Å². The van der Waals surface area contributed by atoms with E-state index in [2.05, 4.69) is 19.7 Å². The number of fused-ring (bicyclic) bond motifs is 1. The number of halogens is 3. The molecular weight excluding hydrogens is 291 g/mol. The fourth-order valence-electron chi connectivity index (χ4n) is 1.70. The first kappa shape index (κ1) is 15.2. The molecule has 2 aromatic heterocycles. The Morgan fingerprint density at radius 3 is 2.76 bits per heavy atom. The van der Waals surface area contributed by atoms with E-state index in [0.29, 0.717) is 17.0 Å². The number of ether oxygens (including phenoxy) is 2. The summed E-state index contributed by atoms with van der Waals surface area (Å²) in [7, 11) is 1.25. The van der Waals surface area contributed by atoms with Crippen molar-refractivity contribution in [1.29, 1.82) is 0 Å². The number of methoxy groups -OCH3 is 1. The Kier molecular flexibility index (Phi) is 4.41. The van der Waals surface area contributed by atoms with Gasteiger partial charge in [-0.1, -0.05) is 0 Å². The number of rotatable bonds is 5. The molecule has 0 atom stereocenters. The number of hydrogen-bond donors (Lipinski definition) is 0. The highest BCUT2D eigenvalue weighted by Crippen LogP contribution is 2.14. The number of hydrogen-bond acceptors (Lipinski definition) is 5. The van der Waals surface area contributed by atoms with Crippen molar-refractivity contribution in [1.82, 2.24) is 14.6 Å². The summed E-state index contributed by atoms with van der Waals surface area (Å²) in [5, 5.41) is 7.71. The van der Waals surface area contributed by atoms with Crippen LogP contribution in [0.4, 0.5) is 13.2 Å². The van der Waals surface area contributed by atoms with Gasteiger partial charge in [0, 0.05) is 12.6 Å². The molecule has 2 aromatic rings. The van der Waals surface area contributed by atoms with Crippen LogP contribution in [0.15, 0.2) is 18.3 Å². The summed E-state index contributed by atoms with van der Waals surface area (Å²) in [6, 6.07) is 3.10. The summed E-state index contributed by atoms with van der Waals surface area (Å²) in [6.07, 6.45) is -2.74. The van der Waals surface area contributed by atoms with Crippen molar-refractivity contribution in [3.05, 3.63) is 29.7 Å². The summed E-state index contributed by atoms with van der Waals surface area (Å²) in [5.74, 6) is -0.122. The van der Waals surface area contributed by atoms with E-state index in [1.807, 2.05) is 0 Å². The number of alkyl halides is 3. The predicted octanol–water partition coefficient (Wildman–Crippen LogP) is 1.64. The summed E-state index contributed by atoms with van der Waals surface area (Å²) in [4.78, 5) is 11.4. The zero-order chi connectivity index (χ0) is 15.5. The normalized spacial score (nSPS) is 11.8. The quantitative estimate of drug-likeness (QED) is 0.620. The maximum atomic E-state index is 11.9. The lowest BCUT2D eigenvalue weighted by Crippen LogP contribution is -2.18. The van der Waals surface area contributed by atoms with E-state index in [0.717, 1.165) is 0 Å². The van der Waals surface area contributed by atoms with Crippen LogP contribution in [-0.2, 0) is 15.9 Å². The van der Waals surface area contributed by atoms with Crippen LogP contribution in [0.25, 0.3) is 5.65 Å². The third-order valence-electron chi connectivity index (χ3n) is 2.63. The van der Waals surface area contributed by atoms with E-state index >= 15 is 0 Å². The zero-order valence-corrected chi connectivity index (χ0v) is 11.1. The SMILES string of the molecule is COC(=O)c1ccc2nnc(CCOCC(F)(F)F)n2c1. The minimum absolute atomic E-state index is 0.141. The van der Waals surface area contributed by atoms with E-state index in [9.17, 15) is 18.0 Å². The van der Waals surface area contributed by atoms with Gasteiger partial charge in [0.2, 0.25) is 0 Å². The van der Waals surface area contributed by atoms with Gasteiger partial charge in [-0.05, 0) is 12.1 Å². The maximum Gasteiger partial charge on any atom is 0.411 e. The summed E-state index contributed by atoms with van der Waals surface area (Å²) in [6.45, 7) is -1.46. The molecule has 0 aliphatic rings. The molecule has 0 spiro atoms. The van der Waals surface area contributed by atoms with Crippen molar-refractivity contribution in [3.63, 3.8) is 0 Å². The fourth-order valence-corrected chi connectivity index (χ4v) is 1.70. The second-order valence-corrected chi connectivity index (χ2v) is 4.17. The molecule has 2 rings (SSSR count). The van der Waals surface area contributed by atoms with Crippen molar-refractivity contribution >= 4 is 11.6 Å². The first-order valence-corrected chi connectivity index (χ1v) is 5.97. The molecule has 0 aliphatic heterocycles. The Hall–Kier alpha value is -2.16. The van der Waals surface area contributed by atoms with E-state index < -0.39 is 18.8 Å². The number of nitrogens with zero attached hydrogens (tertiary/aromatic N) is 3. The third-order valence-corrected chi connectivity index (χ3v) is 2.63. The van der Waals surface area contributed by atoms with Gasteiger partial charge >= 0.3 is 12.1 Å². The smallest absolute Gasteiger partial charge is 0.411 e.